The van der Waals surface area contributed by atoms with Gasteiger partial charge in [0.25, 0.3) is 11.8 Å². The summed E-state index contributed by atoms with van der Waals surface area (Å²) in [5.41, 5.74) is -2.29. The molecule has 0 spiro atoms. The van der Waals surface area contributed by atoms with Crippen molar-refractivity contribution in [2.75, 3.05) is 0 Å². The molecule has 6 rings (SSSR count). The van der Waals surface area contributed by atoms with E-state index >= 15 is 0 Å². The number of hydrogen-bond donors (Lipinski definition) is 4. The summed E-state index contributed by atoms with van der Waals surface area (Å²) in [6.45, 7) is 33.0. The molecule has 0 bridgehead atoms. The van der Waals surface area contributed by atoms with E-state index in [9.17, 15) is 39.0 Å². The molecule has 0 saturated heterocycles. The van der Waals surface area contributed by atoms with Gasteiger partial charge < -0.3 is 39.8 Å². The van der Waals surface area contributed by atoms with Gasteiger partial charge in [-0.3, -0.25) is 19.2 Å². The van der Waals surface area contributed by atoms with E-state index in [0.29, 0.717) is 40.2 Å². The molecule has 16 heteroatoms. The van der Waals surface area contributed by atoms with Crippen LogP contribution in [0, 0.1) is 58.2 Å². The number of carbonyl (C=O) groups is 6. The molecule has 4 aliphatic rings. The van der Waals surface area contributed by atoms with E-state index in [-0.39, 0.29) is 46.9 Å². The molecule has 4 fully saturated rings. The molecular formula is C71H108Cl2N2O12. The van der Waals surface area contributed by atoms with Crippen LogP contribution < -0.4 is 10.6 Å². The van der Waals surface area contributed by atoms with Crippen molar-refractivity contribution in [1.29, 1.82) is 0 Å². The molecule has 488 valence electrons. The van der Waals surface area contributed by atoms with Crippen LogP contribution >= 0.6 is 23.2 Å². The molecule has 1 unspecified atom stereocenters. The van der Waals surface area contributed by atoms with Crippen molar-refractivity contribution >= 4 is 58.9 Å². The van der Waals surface area contributed by atoms with Crippen LogP contribution in [0.5, 0.6) is 11.5 Å². The van der Waals surface area contributed by atoms with Gasteiger partial charge in [-0.1, -0.05) is 89.9 Å². The van der Waals surface area contributed by atoms with Gasteiger partial charge in [-0.2, -0.15) is 0 Å². The molecule has 0 aliphatic heterocycles. The number of amides is 2. The van der Waals surface area contributed by atoms with Gasteiger partial charge in [-0.15, -0.1) is 0 Å². The van der Waals surface area contributed by atoms with Crippen LogP contribution in [0.15, 0.2) is 24.3 Å². The van der Waals surface area contributed by atoms with Gasteiger partial charge in [0.2, 0.25) is 0 Å². The molecule has 0 aromatic heterocycles. The van der Waals surface area contributed by atoms with Gasteiger partial charge in [0.1, 0.15) is 46.0 Å². The maximum absolute atomic E-state index is 14.5. The number of rotatable bonds is 23. The SMILES string of the molecule is CC(C)CCC[C@@H](C)[C@H]1CC[C@H]2[C@@H]3CCC4C[C@@H](CCCC(c5cc(Cl)c(O)c(C(=O)N[C@@H](CCC(=O)OC(C)(C)C)C(=O)OC(C)(C)C)c5)c5cc(Cl)c(O)c(C(=O)N[C@@H](CCC(=O)OC(C)(C)C)C(=O)OC(C)(C)C)c5)CC[C@]4(C)[C@H]3CC[C@]12C. The Labute approximate surface area is 531 Å². The van der Waals surface area contributed by atoms with Crippen molar-refractivity contribution in [2.24, 2.45) is 58.2 Å². The smallest absolute Gasteiger partial charge is 0.329 e. The van der Waals surface area contributed by atoms with E-state index in [1.165, 1.54) is 76.3 Å². The maximum atomic E-state index is 14.5. The molecule has 14 nitrogen and oxygen atoms in total. The van der Waals surface area contributed by atoms with Crippen LogP contribution in [-0.4, -0.2) is 80.4 Å². The van der Waals surface area contributed by atoms with Crippen LogP contribution in [0.1, 0.15) is 277 Å². The summed E-state index contributed by atoms with van der Waals surface area (Å²) in [5, 5.41) is 28.2. The van der Waals surface area contributed by atoms with E-state index in [1.807, 2.05) is 0 Å². The third-order valence-corrected chi connectivity index (χ3v) is 20.2. The first-order valence-electron chi connectivity index (χ1n) is 32.7. The minimum atomic E-state index is -1.33. The molecule has 11 atom stereocenters. The van der Waals surface area contributed by atoms with Crippen LogP contribution in [0.25, 0.3) is 0 Å². The first kappa shape index (κ1) is 71.5. The number of halogens is 2. The number of fused-ring (bicyclic) bond motifs is 5. The number of aromatic hydroxyl groups is 2. The summed E-state index contributed by atoms with van der Waals surface area (Å²) in [4.78, 5) is 82.3. The van der Waals surface area contributed by atoms with Crippen LogP contribution in [0.4, 0.5) is 0 Å². The average molecular weight is 1250 g/mol. The summed E-state index contributed by atoms with van der Waals surface area (Å²) < 4.78 is 22.4. The van der Waals surface area contributed by atoms with Crippen molar-refractivity contribution in [2.45, 2.75) is 280 Å². The number of hydrogen-bond acceptors (Lipinski definition) is 12. The first-order chi connectivity index (χ1) is 40.2. The van der Waals surface area contributed by atoms with Crippen molar-refractivity contribution in [3.05, 3.63) is 56.6 Å². The zero-order valence-electron chi connectivity index (χ0n) is 55.8. The second-order valence-electron chi connectivity index (χ2n) is 31.5. The fraction of sp³-hybridized carbons (Fsp3) is 0.746. The highest BCUT2D eigenvalue weighted by Gasteiger charge is 2.60. The fourth-order valence-corrected chi connectivity index (χ4v) is 16.2. The Morgan fingerprint density at radius 2 is 1.02 bits per heavy atom. The number of ether oxygens (including phenoxy) is 4. The largest absolute Gasteiger partial charge is 0.506 e. The van der Waals surface area contributed by atoms with Crippen LogP contribution in [-0.2, 0) is 38.1 Å². The van der Waals surface area contributed by atoms with E-state index in [2.05, 4.69) is 45.3 Å². The number of esters is 4. The van der Waals surface area contributed by atoms with Gasteiger partial charge in [0.05, 0.1) is 21.2 Å². The average Bonchev–Trinajstić information content (AvgIpc) is 1.74. The number of phenolic OH excluding ortho intramolecular Hbond substituents is 2. The Hall–Kier alpha value is -4.56. The predicted octanol–water partition coefficient (Wildman–Crippen LogP) is 16.6. The van der Waals surface area contributed by atoms with Crippen molar-refractivity contribution in [3.63, 3.8) is 0 Å². The summed E-state index contributed by atoms with van der Waals surface area (Å²) >= 11 is 13.8. The Balaban J connectivity index is 1.29. The Bertz CT molecular complexity index is 2640. The van der Waals surface area contributed by atoms with Gasteiger partial charge in [0.15, 0.2) is 0 Å². The predicted molar refractivity (Wildman–Crippen MR) is 343 cm³/mol. The van der Waals surface area contributed by atoms with Crippen LogP contribution in [0.2, 0.25) is 10.0 Å². The molecule has 4 saturated carbocycles. The van der Waals surface area contributed by atoms with E-state index < -0.39 is 87.6 Å². The van der Waals surface area contributed by atoms with Crippen LogP contribution in [0.3, 0.4) is 0 Å². The molecule has 0 heterocycles. The second kappa shape index (κ2) is 28.7. The zero-order chi connectivity index (χ0) is 64.9. The molecule has 0 radical (unpaired) electrons. The molecular weight excluding hydrogens is 1140 g/mol. The summed E-state index contributed by atoms with van der Waals surface area (Å²) in [7, 11) is 0. The zero-order valence-corrected chi connectivity index (χ0v) is 57.3. The van der Waals surface area contributed by atoms with E-state index in [1.54, 1.807) is 95.2 Å². The third kappa shape index (κ3) is 19.2. The third-order valence-electron chi connectivity index (χ3n) is 19.7. The lowest BCUT2D eigenvalue weighted by Crippen LogP contribution is -2.53. The van der Waals surface area contributed by atoms with E-state index in [0.717, 1.165) is 61.2 Å². The molecule has 4 aliphatic carbocycles. The van der Waals surface area contributed by atoms with Gasteiger partial charge in [-0.25, -0.2) is 9.59 Å². The number of nitrogens with one attached hydrogen (secondary N) is 2. The first-order valence-corrected chi connectivity index (χ1v) is 33.5. The molecule has 2 aromatic carbocycles. The van der Waals surface area contributed by atoms with Crippen molar-refractivity contribution in [3.8, 4) is 11.5 Å². The maximum Gasteiger partial charge on any atom is 0.329 e. The summed E-state index contributed by atoms with van der Waals surface area (Å²) in [6.07, 6.45) is 16.8. The summed E-state index contributed by atoms with van der Waals surface area (Å²) in [5.74, 6) is -0.374. The standard InChI is InChI=1S/C71H108Cl2N2O12/c1-41(2)20-18-21-42(3)51-26-27-52-48-25-24-46-36-43(32-34-70(46,16)53(48)33-35-71(51,52)17)22-19-23-47(44-37-49(60(78)54(72)39-44)62(80)74-56(64(82)86-68(10,11)12)28-30-58(76)84-66(4,5)6)45-38-50(61(79)55(73)40-45)63(81)75-57(65(83)87-69(13,14)15)29-31-59(77)85-67(7,8)9/h37-43,46-48,51-53,56-57,78-79H,18-36H2,1-17H3,(H,74,80)(H,75,81)/t42-,43+,46?,48+,51-,52+,53+,56+,57+,70+,71-/m1/s1. The monoisotopic (exact) mass is 1250 g/mol. The quantitative estimate of drug-likeness (QED) is 0.0606. The van der Waals surface area contributed by atoms with Gasteiger partial charge in [-0.05, 0) is 254 Å². The second-order valence-corrected chi connectivity index (χ2v) is 32.3. The lowest BCUT2D eigenvalue weighted by molar-refractivity contribution is -0.160. The summed E-state index contributed by atoms with van der Waals surface area (Å²) in [6, 6.07) is 3.45. The Morgan fingerprint density at radius 1 is 0.563 bits per heavy atom. The highest BCUT2D eigenvalue weighted by atomic mass is 35.5. The molecule has 2 aromatic rings. The molecule has 87 heavy (non-hydrogen) atoms. The Morgan fingerprint density at radius 3 is 1.48 bits per heavy atom. The number of phenols is 2. The molecule has 4 N–H and O–H groups in total. The van der Waals surface area contributed by atoms with Crippen molar-refractivity contribution in [1.82, 2.24) is 10.6 Å². The normalized spacial score (nSPS) is 25.1. The Kier molecular flexibility index (Phi) is 23.6. The topological polar surface area (TPSA) is 204 Å². The fourth-order valence-electron chi connectivity index (χ4n) is 15.8. The number of carbonyl (C=O) groups excluding carboxylic acids is 6. The minimum Gasteiger partial charge on any atom is -0.506 e. The van der Waals surface area contributed by atoms with Crippen molar-refractivity contribution < 1.29 is 57.9 Å². The lowest BCUT2D eigenvalue weighted by atomic mass is 9.44. The minimum absolute atomic E-state index is 0.160. The van der Waals surface area contributed by atoms with Gasteiger partial charge >= 0.3 is 23.9 Å². The highest BCUT2D eigenvalue weighted by molar-refractivity contribution is 6.33. The molecule has 2 amide bonds. The lowest BCUT2D eigenvalue weighted by Gasteiger charge is -2.61. The van der Waals surface area contributed by atoms with Gasteiger partial charge in [0, 0.05) is 18.8 Å². The number of benzene rings is 2. The van der Waals surface area contributed by atoms with E-state index in [4.69, 9.17) is 42.1 Å². The highest BCUT2D eigenvalue weighted by Crippen LogP contribution is 2.69.